The summed E-state index contributed by atoms with van der Waals surface area (Å²) < 4.78 is 5.38. The molecule has 1 aliphatic heterocycles. The van der Waals surface area contributed by atoms with Crippen LogP contribution in [0.5, 0.6) is 5.75 Å². The number of guanidine groups is 1. The van der Waals surface area contributed by atoms with Gasteiger partial charge in [0.25, 0.3) is 5.91 Å². The number of aliphatic imine (C=N–C) groups is 1. The van der Waals surface area contributed by atoms with Crippen LogP contribution in [0.1, 0.15) is 36.2 Å². The van der Waals surface area contributed by atoms with Crippen LogP contribution in [0.15, 0.2) is 46.8 Å². The second-order valence-corrected chi connectivity index (χ2v) is 8.23. The quantitative estimate of drug-likeness (QED) is 0.399. The van der Waals surface area contributed by atoms with E-state index in [1.54, 1.807) is 6.07 Å². The lowest BCUT2D eigenvalue weighted by molar-refractivity contribution is -0.119. The third kappa shape index (κ3) is 6.74. The minimum absolute atomic E-state index is 0.127. The molecule has 1 unspecified atom stereocenters. The summed E-state index contributed by atoms with van der Waals surface area (Å²) in [6, 6.07) is 12.3. The van der Waals surface area contributed by atoms with E-state index in [4.69, 9.17) is 15.5 Å². The Hall–Kier alpha value is -2.58. The molecule has 1 amide bonds. The summed E-state index contributed by atoms with van der Waals surface area (Å²) in [4.78, 5) is 19.6. The number of primary amides is 1. The maximum atomic E-state index is 10.9. The zero-order valence-electron chi connectivity index (χ0n) is 17.5. The average molecular weight is 430 g/mol. The number of likely N-dealkylation sites (tertiary alicyclic amines) is 1. The van der Waals surface area contributed by atoms with Gasteiger partial charge in [-0.2, -0.15) is 0 Å². The Morgan fingerprint density at radius 3 is 2.80 bits per heavy atom. The van der Waals surface area contributed by atoms with Gasteiger partial charge in [-0.25, -0.2) is 4.99 Å². The molecule has 2 heterocycles. The lowest BCUT2D eigenvalue weighted by Gasteiger charge is -2.27. The molecule has 30 heavy (non-hydrogen) atoms. The number of nitrogens with zero attached hydrogens (tertiary/aromatic N) is 2. The van der Waals surface area contributed by atoms with Crippen molar-refractivity contribution in [3.8, 4) is 5.75 Å². The van der Waals surface area contributed by atoms with E-state index in [1.165, 1.54) is 17.7 Å². The maximum absolute atomic E-state index is 10.9. The van der Waals surface area contributed by atoms with E-state index in [0.717, 1.165) is 37.7 Å². The molecule has 1 atom stereocenters. The van der Waals surface area contributed by atoms with Gasteiger partial charge in [0.1, 0.15) is 5.75 Å². The van der Waals surface area contributed by atoms with E-state index in [9.17, 15) is 4.79 Å². The molecule has 3 rings (SSSR count). The Morgan fingerprint density at radius 1 is 1.27 bits per heavy atom. The first-order valence-corrected chi connectivity index (χ1v) is 11.3. The number of ether oxygens (including phenoxy) is 1. The van der Waals surface area contributed by atoms with Gasteiger partial charge in [-0.3, -0.25) is 9.69 Å². The molecular weight excluding hydrogens is 398 g/mol. The van der Waals surface area contributed by atoms with Crippen LogP contribution in [-0.4, -0.2) is 49.6 Å². The van der Waals surface area contributed by atoms with Crippen LogP contribution >= 0.6 is 11.3 Å². The van der Waals surface area contributed by atoms with Crippen LogP contribution in [0.2, 0.25) is 0 Å². The lowest BCUT2D eigenvalue weighted by Crippen LogP contribution is -2.42. The highest BCUT2D eigenvalue weighted by molar-refractivity contribution is 7.10. The summed E-state index contributed by atoms with van der Waals surface area (Å²) in [5.74, 6) is 0.920. The van der Waals surface area contributed by atoms with Crippen LogP contribution in [-0.2, 0) is 11.3 Å². The Morgan fingerprint density at radius 2 is 2.10 bits per heavy atom. The second-order valence-electron chi connectivity index (χ2n) is 7.25. The number of carbonyl (C=O) groups excluding carboxylic acids is 1. The van der Waals surface area contributed by atoms with E-state index < -0.39 is 5.91 Å². The Kier molecular flexibility index (Phi) is 8.53. The normalized spacial score (nSPS) is 15.7. The van der Waals surface area contributed by atoms with Crippen molar-refractivity contribution >= 4 is 23.2 Å². The van der Waals surface area contributed by atoms with Gasteiger partial charge < -0.3 is 21.1 Å². The highest BCUT2D eigenvalue weighted by Crippen LogP contribution is 2.27. The van der Waals surface area contributed by atoms with Crippen molar-refractivity contribution in [2.75, 3.05) is 32.8 Å². The summed E-state index contributed by atoms with van der Waals surface area (Å²) in [6.07, 6.45) is 2.54. The fourth-order valence-electron chi connectivity index (χ4n) is 3.54. The van der Waals surface area contributed by atoms with E-state index in [2.05, 4.69) is 40.0 Å². The fraction of sp³-hybridized carbons (Fsp3) is 0.455. The minimum Gasteiger partial charge on any atom is -0.484 e. The number of thiophene rings is 1. The van der Waals surface area contributed by atoms with Gasteiger partial charge in [-0.05, 0) is 62.0 Å². The molecule has 2 aromatic rings. The molecule has 7 nitrogen and oxygen atoms in total. The molecule has 0 bridgehead atoms. The van der Waals surface area contributed by atoms with Gasteiger partial charge in [-0.15, -0.1) is 11.3 Å². The molecule has 0 spiro atoms. The minimum atomic E-state index is -0.490. The van der Waals surface area contributed by atoms with Crippen molar-refractivity contribution in [1.29, 1.82) is 0 Å². The molecular formula is C22H31N5O2S. The van der Waals surface area contributed by atoms with Crippen molar-refractivity contribution < 1.29 is 9.53 Å². The molecule has 0 radical (unpaired) electrons. The van der Waals surface area contributed by atoms with Crippen LogP contribution < -0.4 is 21.1 Å². The summed E-state index contributed by atoms with van der Waals surface area (Å²) in [5.41, 5.74) is 6.15. The van der Waals surface area contributed by atoms with Crippen LogP contribution in [0, 0.1) is 0 Å². The van der Waals surface area contributed by atoms with Gasteiger partial charge in [0, 0.05) is 18.0 Å². The molecule has 1 fully saturated rings. The number of hydrogen-bond donors (Lipinski definition) is 3. The standard InChI is InChI=1S/C22H31N5O2S/c1-2-24-22(25-14-17-7-5-8-18(13-17)29-16-21(23)28)26-15-19(20-9-6-12-30-20)27-10-3-4-11-27/h5-9,12-13,19H,2-4,10-11,14-16H2,1H3,(H2,23,28)(H2,24,25,26). The molecule has 1 aromatic carbocycles. The Labute approximate surface area is 182 Å². The number of rotatable bonds is 10. The Balaban J connectivity index is 1.62. The first-order valence-electron chi connectivity index (χ1n) is 10.5. The highest BCUT2D eigenvalue weighted by atomic mass is 32.1. The predicted octanol–water partition coefficient (Wildman–Crippen LogP) is 2.50. The van der Waals surface area contributed by atoms with E-state index in [-0.39, 0.29) is 6.61 Å². The number of carbonyl (C=O) groups is 1. The predicted molar refractivity (Wildman–Crippen MR) is 122 cm³/mol. The smallest absolute Gasteiger partial charge is 0.255 e. The molecule has 0 aliphatic carbocycles. The van der Waals surface area contributed by atoms with Gasteiger partial charge in [-0.1, -0.05) is 18.2 Å². The third-order valence-electron chi connectivity index (χ3n) is 4.96. The monoisotopic (exact) mass is 429 g/mol. The van der Waals surface area contributed by atoms with Gasteiger partial charge >= 0.3 is 0 Å². The SMILES string of the molecule is CCNC(=NCc1cccc(OCC(N)=O)c1)NCC(c1cccs1)N1CCCC1. The van der Waals surface area contributed by atoms with Crippen molar-refractivity contribution in [3.05, 3.63) is 52.2 Å². The van der Waals surface area contributed by atoms with Gasteiger partial charge in [0.05, 0.1) is 12.6 Å². The van der Waals surface area contributed by atoms with Crippen LogP contribution in [0.25, 0.3) is 0 Å². The van der Waals surface area contributed by atoms with Crippen LogP contribution in [0.4, 0.5) is 0 Å². The van der Waals surface area contributed by atoms with E-state index in [1.807, 2.05) is 29.5 Å². The van der Waals surface area contributed by atoms with Gasteiger partial charge in [0.2, 0.25) is 0 Å². The van der Waals surface area contributed by atoms with Crippen molar-refractivity contribution in [2.24, 2.45) is 10.7 Å². The van der Waals surface area contributed by atoms with Crippen molar-refractivity contribution in [2.45, 2.75) is 32.4 Å². The summed E-state index contributed by atoms with van der Waals surface area (Å²) in [6.45, 7) is 6.35. The average Bonchev–Trinajstić information content (AvgIpc) is 3.46. The topological polar surface area (TPSA) is 92.0 Å². The zero-order valence-corrected chi connectivity index (χ0v) is 18.3. The summed E-state index contributed by atoms with van der Waals surface area (Å²) in [5, 5.41) is 9.00. The third-order valence-corrected chi connectivity index (χ3v) is 5.93. The molecule has 0 saturated carbocycles. The number of nitrogens with one attached hydrogen (secondary N) is 2. The molecule has 1 aliphatic rings. The second kappa shape index (κ2) is 11.6. The largest absolute Gasteiger partial charge is 0.484 e. The first-order chi connectivity index (χ1) is 14.7. The summed E-state index contributed by atoms with van der Waals surface area (Å²) >= 11 is 1.81. The number of amides is 1. The molecule has 1 saturated heterocycles. The molecule has 1 aromatic heterocycles. The number of benzene rings is 1. The summed E-state index contributed by atoms with van der Waals surface area (Å²) in [7, 11) is 0. The molecule has 8 heteroatoms. The highest BCUT2D eigenvalue weighted by Gasteiger charge is 2.24. The fourth-order valence-corrected chi connectivity index (χ4v) is 4.40. The van der Waals surface area contributed by atoms with Crippen molar-refractivity contribution in [3.63, 3.8) is 0 Å². The van der Waals surface area contributed by atoms with E-state index in [0.29, 0.717) is 18.3 Å². The van der Waals surface area contributed by atoms with E-state index >= 15 is 0 Å². The first kappa shape index (κ1) is 22.1. The zero-order chi connectivity index (χ0) is 21.2. The molecule has 4 N–H and O–H groups in total. The van der Waals surface area contributed by atoms with Gasteiger partial charge in [0.15, 0.2) is 12.6 Å². The number of nitrogens with two attached hydrogens (primary N) is 1. The van der Waals surface area contributed by atoms with Crippen LogP contribution in [0.3, 0.4) is 0 Å². The lowest BCUT2D eigenvalue weighted by atomic mass is 10.2. The number of hydrogen-bond acceptors (Lipinski definition) is 5. The molecule has 162 valence electrons. The maximum Gasteiger partial charge on any atom is 0.255 e. The van der Waals surface area contributed by atoms with Crippen molar-refractivity contribution in [1.82, 2.24) is 15.5 Å². The Bertz CT molecular complexity index is 819.